The molecule has 1 heterocycles. The summed E-state index contributed by atoms with van der Waals surface area (Å²) in [5.41, 5.74) is 4.93. The molecule has 0 fully saturated rings. The molecule has 0 amide bonds. The van der Waals surface area contributed by atoms with Crippen LogP contribution in [0, 0.1) is 10.1 Å². The number of hydrazone groups is 1. The Hall–Kier alpha value is -3.98. The SMILES string of the molecule is COc1cc(/C=N\Nc2nc3ccccc3s2)cc([N+](=O)[O-])c1OCc1ccccc1. The Bertz CT molecular complexity index is 1210. The average molecular weight is 434 g/mol. The standard InChI is InChI=1S/C22H18N4O4S/c1-29-19-12-16(13-23-25-22-24-17-9-5-6-10-20(17)31-22)11-18(26(27)28)21(19)30-14-15-7-3-2-4-8-15/h2-13H,14H2,1H3,(H,24,25)/b23-13-. The lowest BCUT2D eigenvalue weighted by Gasteiger charge is -2.12. The predicted molar refractivity (Wildman–Crippen MR) is 121 cm³/mol. The summed E-state index contributed by atoms with van der Waals surface area (Å²) >= 11 is 1.47. The fourth-order valence-electron chi connectivity index (χ4n) is 2.93. The summed E-state index contributed by atoms with van der Waals surface area (Å²) in [6.45, 7) is 0.185. The van der Waals surface area contributed by atoms with E-state index in [1.54, 1.807) is 6.07 Å². The molecule has 0 saturated heterocycles. The van der Waals surface area contributed by atoms with Crippen molar-refractivity contribution in [3.63, 3.8) is 0 Å². The number of nitro groups is 1. The summed E-state index contributed by atoms with van der Waals surface area (Å²) in [4.78, 5) is 15.6. The molecular weight excluding hydrogens is 416 g/mol. The number of fused-ring (bicyclic) bond motifs is 1. The van der Waals surface area contributed by atoms with Gasteiger partial charge in [0.2, 0.25) is 10.9 Å². The van der Waals surface area contributed by atoms with E-state index in [4.69, 9.17) is 9.47 Å². The minimum Gasteiger partial charge on any atom is -0.493 e. The largest absolute Gasteiger partial charge is 0.493 e. The third kappa shape index (κ3) is 4.78. The fourth-order valence-corrected chi connectivity index (χ4v) is 3.74. The zero-order valence-electron chi connectivity index (χ0n) is 16.5. The molecule has 0 aliphatic rings. The molecule has 0 saturated carbocycles. The number of nitrogens with zero attached hydrogens (tertiary/aromatic N) is 3. The second kappa shape index (κ2) is 9.23. The molecule has 9 heteroatoms. The topological polar surface area (TPSA) is 98.9 Å². The highest BCUT2D eigenvalue weighted by molar-refractivity contribution is 7.22. The normalized spacial score (nSPS) is 11.0. The van der Waals surface area contributed by atoms with Crippen molar-refractivity contribution in [2.75, 3.05) is 12.5 Å². The first kappa shape index (κ1) is 20.3. The van der Waals surface area contributed by atoms with Gasteiger partial charge in [0.15, 0.2) is 5.75 Å². The Labute approximate surface area is 181 Å². The number of para-hydroxylation sites is 1. The van der Waals surface area contributed by atoms with E-state index in [0.29, 0.717) is 10.7 Å². The number of rotatable bonds is 8. The monoisotopic (exact) mass is 434 g/mol. The van der Waals surface area contributed by atoms with Crippen LogP contribution >= 0.6 is 11.3 Å². The third-order valence-corrected chi connectivity index (χ3v) is 5.31. The van der Waals surface area contributed by atoms with Gasteiger partial charge >= 0.3 is 5.69 Å². The second-order valence-electron chi connectivity index (χ2n) is 6.46. The van der Waals surface area contributed by atoms with Gasteiger partial charge in [0.1, 0.15) is 6.61 Å². The van der Waals surface area contributed by atoms with Crippen molar-refractivity contribution >= 4 is 38.6 Å². The molecule has 31 heavy (non-hydrogen) atoms. The van der Waals surface area contributed by atoms with Crippen LogP contribution in [0.1, 0.15) is 11.1 Å². The van der Waals surface area contributed by atoms with Crippen molar-refractivity contribution in [1.29, 1.82) is 0 Å². The van der Waals surface area contributed by atoms with Crippen molar-refractivity contribution in [3.8, 4) is 11.5 Å². The number of hydrogen-bond donors (Lipinski definition) is 1. The van der Waals surface area contributed by atoms with Gasteiger partial charge in [0.25, 0.3) is 0 Å². The number of methoxy groups -OCH3 is 1. The molecule has 0 atom stereocenters. The van der Waals surface area contributed by atoms with Crippen molar-refractivity contribution in [2.45, 2.75) is 6.61 Å². The van der Waals surface area contributed by atoms with Gasteiger partial charge in [0, 0.05) is 11.6 Å². The molecule has 8 nitrogen and oxygen atoms in total. The number of thiazole rings is 1. The van der Waals surface area contributed by atoms with Crippen molar-refractivity contribution < 1.29 is 14.4 Å². The highest BCUT2D eigenvalue weighted by Crippen LogP contribution is 2.38. The molecule has 156 valence electrons. The molecule has 4 rings (SSSR count). The Morgan fingerprint density at radius 1 is 1.16 bits per heavy atom. The third-order valence-electron chi connectivity index (χ3n) is 4.37. The smallest absolute Gasteiger partial charge is 0.315 e. The Balaban J connectivity index is 1.55. The number of hydrogen-bond acceptors (Lipinski definition) is 8. The van der Waals surface area contributed by atoms with Gasteiger partial charge in [-0.3, -0.25) is 15.5 Å². The van der Waals surface area contributed by atoms with Gasteiger partial charge in [-0.05, 0) is 23.8 Å². The maximum atomic E-state index is 11.6. The van der Waals surface area contributed by atoms with Gasteiger partial charge < -0.3 is 9.47 Å². The van der Waals surface area contributed by atoms with E-state index in [1.807, 2.05) is 54.6 Å². The molecule has 0 aliphatic heterocycles. The summed E-state index contributed by atoms with van der Waals surface area (Å²) in [6.07, 6.45) is 1.47. The van der Waals surface area contributed by atoms with Crippen LogP contribution in [0.25, 0.3) is 10.2 Å². The molecule has 0 bridgehead atoms. The lowest BCUT2D eigenvalue weighted by atomic mass is 10.1. The van der Waals surface area contributed by atoms with E-state index in [9.17, 15) is 10.1 Å². The molecule has 0 aliphatic carbocycles. The number of benzene rings is 3. The van der Waals surface area contributed by atoms with E-state index in [1.165, 1.54) is 30.7 Å². The number of nitrogens with one attached hydrogen (secondary N) is 1. The lowest BCUT2D eigenvalue weighted by molar-refractivity contribution is -0.386. The van der Waals surface area contributed by atoms with Crippen molar-refractivity contribution in [2.24, 2.45) is 5.10 Å². The molecule has 4 aromatic rings. The van der Waals surface area contributed by atoms with E-state index >= 15 is 0 Å². The van der Waals surface area contributed by atoms with Gasteiger partial charge in [-0.1, -0.05) is 53.8 Å². The van der Waals surface area contributed by atoms with Crippen LogP contribution < -0.4 is 14.9 Å². The minimum atomic E-state index is -0.499. The van der Waals surface area contributed by atoms with E-state index in [2.05, 4.69) is 15.5 Å². The van der Waals surface area contributed by atoms with Crippen LogP contribution in [0.2, 0.25) is 0 Å². The van der Waals surface area contributed by atoms with Crippen LogP contribution in [-0.2, 0) is 6.61 Å². The van der Waals surface area contributed by atoms with Crippen LogP contribution in [-0.4, -0.2) is 23.2 Å². The maximum absolute atomic E-state index is 11.6. The number of ether oxygens (including phenoxy) is 2. The summed E-state index contributed by atoms with van der Waals surface area (Å²) in [6, 6.07) is 20.2. The van der Waals surface area contributed by atoms with Crippen LogP contribution in [0.15, 0.2) is 71.8 Å². The summed E-state index contributed by atoms with van der Waals surface area (Å²) < 4.78 is 12.1. The Morgan fingerprint density at radius 2 is 1.94 bits per heavy atom. The Kier molecular flexibility index (Phi) is 6.04. The molecule has 0 unspecified atom stereocenters. The van der Waals surface area contributed by atoms with Gasteiger partial charge in [-0.2, -0.15) is 5.10 Å². The molecular formula is C22H18N4O4S. The van der Waals surface area contributed by atoms with E-state index < -0.39 is 4.92 Å². The van der Waals surface area contributed by atoms with Gasteiger partial charge in [0.05, 0.1) is 28.5 Å². The summed E-state index contributed by atoms with van der Waals surface area (Å²) in [7, 11) is 1.44. The molecule has 3 aromatic carbocycles. The molecule has 1 N–H and O–H groups in total. The van der Waals surface area contributed by atoms with Crippen LogP contribution in [0.3, 0.4) is 0 Å². The summed E-state index contributed by atoms with van der Waals surface area (Å²) in [5.74, 6) is 0.333. The van der Waals surface area contributed by atoms with E-state index in [-0.39, 0.29) is 23.8 Å². The Morgan fingerprint density at radius 3 is 2.68 bits per heavy atom. The van der Waals surface area contributed by atoms with Crippen LogP contribution in [0.5, 0.6) is 11.5 Å². The van der Waals surface area contributed by atoms with Gasteiger partial charge in [-0.15, -0.1) is 0 Å². The zero-order chi connectivity index (χ0) is 21.6. The van der Waals surface area contributed by atoms with Crippen molar-refractivity contribution in [1.82, 2.24) is 4.98 Å². The number of aromatic nitrogens is 1. The first-order valence-electron chi connectivity index (χ1n) is 9.32. The fraction of sp³-hybridized carbons (Fsp3) is 0.0909. The molecule has 1 aromatic heterocycles. The number of anilines is 1. The summed E-state index contributed by atoms with van der Waals surface area (Å²) in [5, 5.41) is 16.4. The van der Waals surface area contributed by atoms with E-state index in [0.717, 1.165) is 15.8 Å². The average Bonchev–Trinajstić information content (AvgIpc) is 3.21. The zero-order valence-corrected chi connectivity index (χ0v) is 17.3. The lowest BCUT2D eigenvalue weighted by Crippen LogP contribution is -2.03. The predicted octanol–water partition coefficient (Wildman–Crippen LogP) is 5.24. The minimum absolute atomic E-state index is 0.0765. The quantitative estimate of drug-likeness (QED) is 0.231. The molecule has 0 radical (unpaired) electrons. The highest BCUT2D eigenvalue weighted by atomic mass is 32.1. The first-order valence-corrected chi connectivity index (χ1v) is 10.1. The molecule has 0 spiro atoms. The second-order valence-corrected chi connectivity index (χ2v) is 7.49. The maximum Gasteiger partial charge on any atom is 0.315 e. The van der Waals surface area contributed by atoms with Crippen LogP contribution in [0.4, 0.5) is 10.8 Å². The number of nitro benzene ring substituents is 1. The highest BCUT2D eigenvalue weighted by Gasteiger charge is 2.22. The van der Waals surface area contributed by atoms with Gasteiger partial charge in [-0.25, -0.2) is 4.98 Å². The first-order chi connectivity index (χ1) is 15.1. The van der Waals surface area contributed by atoms with Crippen molar-refractivity contribution in [3.05, 3.63) is 88.0 Å².